The summed E-state index contributed by atoms with van der Waals surface area (Å²) in [6, 6.07) is 15.5. The molecule has 8 nitrogen and oxygen atoms in total. The number of nitrogens with one attached hydrogen (secondary N) is 1. The zero-order chi connectivity index (χ0) is 19.9. The number of piperazine rings is 1. The molecule has 1 heterocycles. The van der Waals surface area contributed by atoms with Gasteiger partial charge in [0.05, 0.1) is 11.5 Å². The van der Waals surface area contributed by atoms with Gasteiger partial charge in [0, 0.05) is 50.4 Å². The molecule has 1 fully saturated rings. The van der Waals surface area contributed by atoms with Crippen molar-refractivity contribution in [3.63, 3.8) is 0 Å². The summed E-state index contributed by atoms with van der Waals surface area (Å²) in [5.41, 5.74) is 1.26. The number of non-ortho nitro benzene ring substituents is 1. The van der Waals surface area contributed by atoms with Crippen LogP contribution in [0, 0.1) is 10.1 Å². The van der Waals surface area contributed by atoms with Crippen LogP contribution in [0.4, 0.5) is 5.69 Å². The molecule has 1 saturated heterocycles. The van der Waals surface area contributed by atoms with E-state index in [2.05, 4.69) is 5.32 Å². The Morgan fingerprint density at radius 2 is 1.71 bits per heavy atom. The van der Waals surface area contributed by atoms with E-state index in [0.29, 0.717) is 38.3 Å². The first-order chi connectivity index (χ1) is 13.5. The molecule has 1 aliphatic rings. The van der Waals surface area contributed by atoms with E-state index in [-0.39, 0.29) is 24.0 Å². The summed E-state index contributed by atoms with van der Waals surface area (Å²) < 4.78 is 0. The first kappa shape index (κ1) is 19.5. The number of nitro benzene ring substituents is 1. The van der Waals surface area contributed by atoms with E-state index in [1.54, 1.807) is 11.0 Å². The molecule has 2 aromatic rings. The number of hydrogen-bond donors (Lipinski definition) is 1. The van der Waals surface area contributed by atoms with Gasteiger partial charge in [-0.25, -0.2) is 0 Å². The predicted molar refractivity (Wildman–Crippen MR) is 104 cm³/mol. The first-order valence-corrected chi connectivity index (χ1v) is 9.09. The lowest BCUT2D eigenvalue weighted by Crippen LogP contribution is -2.51. The molecule has 8 heteroatoms. The van der Waals surface area contributed by atoms with Crippen molar-refractivity contribution >= 4 is 17.5 Å². The van der Waals surface area contributed by atoms with Crippen LogP contribution < -0.4 is 5.32 Å². The van der Waals surface area contributed by atoms with Crippen molar-refractivity contribution in [3.8, 4) is 0 Å². The van der Waals surface area contributed by atoms with Crippen molar-refractivity contribution < 1.29 is 14.5 Å². The molecule has 0 atom stereocenters. The minimum atomic E-state index is -0.511. The Balaban J connectivity index is 1.46. The van der Waals surface area contributed by atoms with E-state index in [4.69, 9.17) is 0 Å². The number of rotatable bonds is 6. The molecule has 1 N–H and O–H groups in total. The number of carbonyl (C=O) groups is 2. The lowest BCUT2D eigenvalue weighted by molar-refractivity contribution is -0.384. The molecule has 28 heavy (non-hydrogen) atoms. The second-order valence-corrected chi connectivity index (χ2v) is 6.64. The van der Waals surface area contributed by atoms with Gasteiger partial charge in [0.15, 0.2) is 0 Å². The van der Waals surface area contributed by atoms with Crippen molar-refractivity contribution in [2.75, 3.05) is 32.7 Å². The van der Waals surface area contributed by atoms with E-state index in [1.807, 2.05) is 35.2 Å². The zero-order valence-corrected chi connectivity index (χ0v) is 15.4. The fourth-order valence-electron chi connectivity index (χ4n) is 3.10. The van der Waals surface area contributed by atoms with Crippen LogP contribution in [0.3, 0.4) is 0 Å². The maximum absolute atomic E-state index is 12.6. The van der Waals surface area contributed by atoms with Crippen LogP contribution in [-0.4, -0.2) is 59.3 Å². The maximum atomic E-state index is 12.6. The standard InChI is InChI=1S/C20H22N4O4/c25-19(21-14-16-5-2-1-3-6-16)15-22-9-11-23(12-10-22)20(26)17-7-4-8-18(13-17)24(27)28/h1-8,13H,9-12,14-15H2,(H,21,25). The topological polar surface area (TPSA) is 95.8 Å². The van der Waals surface area contributed by atoms with Crippen molar-refractivity contribution in [3.05, 3.63) is 75.8 Å². The van der Waals surface area contributed by atoms with Gasteiger partial charge in [0.1, 0.15) is 0 Å². The van der Waals surface area contributed by atoms with Crippen LogP contribution in [-0.2, 0) is 11.3 Å². The Bertz CT molecular complexity index is 848. The van der Waals surface area contributed by atoms with Gasteiger partial charge in [0.2, 0.25) is 5.91 Å². The van der Waals surface area contributed by atoms with Crippen molar-refractivity contribution in [1.82, 2.24) is 15.1 Å². The van der Waals surface area contributed by atoms with Gasteiger partial charge in [-0.05, 0) is 11.6 Å². The summed E-state index contributed by atoms with van der Waals surface area (Å²) in [5.74, 6) is -0.279. The van der Waals surface area contributed by atoms with Gasteiger partial charge in [0.25, 0.3) is 11.6 Å². The van der Waals surface area contributed by atoms with Crippen LogP contribution in [0.1, 0.15) is 15.9 Å². The molecular formula is C20H22N4O4. The van der Waals surface area contributed by atoms with Crippen LogP contribution in [0.2, 0.25) is 0 Å². The minimum Gasteiger partial charge on any atom is -0.351 e. The highest BCUT2D eigenvalue weighted by Crippen LogP contribution is 2.16. The molecule has 0 aromatic heterocycles. The molecular weight excluding hydrogens is 360 g/mol. The largest absolute Gasteiger partial charge is 0.351 e. The Labute approximate surface area is 162 Å². The SMILES string of the molecule is O=C(CN1CCN(C(=O)c2cccc([N+](=O)[O-])c2)CC1)NCc1ccccc1. The van der Waals surface area contributed by atoms with Gasteiger partial charge in [-0.3, -0.25) is 24.6 Å². The highest BCUT2D eigenvalue weighted by atomic mass is 16.6. The lowest BCUT2D eigenvalue weighted by Gasteiger charge is -2.34. The lowest BCUT2D eigenvalue weighted by atomic mass is 10.1. The molecule has 0 unspecified atom stereocenters. The zero-order valence-electron chi connectivity index (χ0n) is 15.4. The van der Waals surface area contributed by atoms with Crippen LogP contribution in [0.25, 0.3) is 0 Å². The van der Waals surface area contributed by atoms with Gasteiger partial charge in [-0.2, -0.15) is 0 Å². The van der Waals surface area contributed by atoms with Gasteiger partial charge < -0.3 is 10.2 Å². The monoisotopic (exact) mass is 382 g/mol. The van der Waals surface area contributed by atoms with Gasteiger partial charge in [-0.15, -0.1) is 0 Å². The molecule has 0 aliphatic carbocycles. The number of nitrogens with zero attached hydrogens (tertiary/aromatic N) is 3. The molecule has 2 aromatic carbocycles. The number of hydrogen-bond acceptors (Lipinski definition) is 5. The van der Waals surface area contributed by atoms with Crippen LogP contribution in [0.5, 0.6) is 0 Å². The van der Waals surface area contributed by atoms with Gasteiger partial charge >= 0.3 is 0 Å². The third-order valence-corrected chi connectivity index (χ3v) is 4.66. The first-order valence-electron chi connectivity index (χ1n) is 9.09. The molecule has 0 spiro atoms. The van der Waals surface area contributed by atoms with E-state index in [0.717, 1.165) is 5.56 Å². The molecule has 0 saturated carbocycles. The highest BCUT2D eigenvalue weighted by Gasteiger charge is 2.24. The fraction of sp³-hybridized carbons (Fsp3) is 0.300. The molecule has 3 rings (SSSR count). The Morgan fingerprint density at radius 1 is 1.00 bits per heavy atom. The third kappa shape index (κ3) is 5.14. The Kier molecular flexibility index (Phi) is 6.33. The van der Waals surface area contributed by atoms with Crippen molar-refractivity contribution in [2.24, 2.45) is 0 Å². The number of nitro groups is 1. The normalized spacial score (nSPS) is 14.5. The molecule has 0 radical (unpaired) electrons. The second-order valence-electron chi connectivity index (χ2n) is 6.64. The second kappa shape index (κ2) is 9.09. The van der Waals surface area contributed by atoms with E-state index < -0.39 is 4.92 Å². The molecule has 2 amide bonds. The summed E-state index contributed by atoms with van der Waals surface area (Å²) in [4.78, 5) is 38.7. The maximum Gasteiger partial charge on any atom is 0.270 e. The number of benzene rings is 2. The highest BCUT2D eigenvalue weighted by molar-refractivity contribution is 5.95. The fourth-order valence-corrected chi connectivity index (χ4v) is 3.10. The van der Waals surface area contributed by atoms with E-state index in [9.17, 15) is 19.7 Å². The number of carbonyl (C=O) groups excluding carboxylic acids is 2. The summed E-state index contributed by atoms with van der Waals surface area (Å²) in [6.07, 6.45) is 0. The summed E-state index contributed by atoms with van der Waals surface area (Å²) in [5, 5.41) is 13.8. The number of amides is 2. The molecule has 0 bridgehead atoms. The smallest absolute Gasteiger partial charge is 0.270 e. The van der Waals surface area contributed by atoms with Crippen molar-refractivity contribution in [1.29, 1.82) is 0 Å². The molecule has 146 valence electrons. The van der Waals surface area contributed by atoms with Crippen LogP contribution in [0.15, 0.2) is 54.6 Å². The van der Waals surface area contributed by atoms with E-state index >= 15 is 0 Å². The summed E-state index contributed by atoms with van der Waals surface area (Å²) >= 11 is 0. The van der Waals surface area contributed by atoms with Crippen molar-refractivity contribution in [2.45, 2.75) is 6.54 Å². The molecule has 1 aliphatic heterocycles. The van der Waals surface area contributed by atoms with E-state index in [1.165, 1.54) is 18.2 Å². The predicted octanol–water partition coefficient (Wildman–Crippen LogP) is 1.67. The van der Waals surface area contributed by atoms with Gasteiger partial charge in [-0.1, -0.05) is 36.4 Å². The summed E-state index contributed by atoms with van der Waals surface area (Å²) in [7, 11) is 0. The van der Waals surface area contributed by atoms with Crippen LogP contribution >= 0.6 is 0 Å². The Hall–Kier alpha value is -3.26. The average Bonchev–Trinajstić information content (AvgIpc) is 2.73. The quantitative estimate of drug-likeness (QED) is 0.606. The average molecular weight is 382 g/mol. The Morgan fingerprint density at radius 3 is 2.39 bits per heavy atom. The minimum absolute atomic E-state index is 0.0534. The summed E-state index contributed by atoms with van der Waals surface area (Å²) in [6.45, 7) is 2.90. The third-order valence-electron chi connectivity index (χ3n) is 4.66.